The number of hydrogen-bond donors (Lipinski definition) is 1. The van der Waals surface area contributed by atoms with Crippen molar-refractivity contribution in [3.8, 4) is 0 Å². The zero-order valence-corrected chi connectivity index (χ0v) is 11.5. The maximum absolute atomic E-state index is 6.17. The van der Waals surface area contributed by atoms with Gasteiger partial charge in [0.25, 0.3) is 0 Å². The lowest BCUT2D eigenvalue weighted by atomic mass is 10.2. The average molecular weight is 303 g/mol. The summed E-state index contributed by atoms with van der Waals surface area (Å²) in [5.74, 6) is 0. The van der Waals surface area contributed by atoms with Crippen molar-refractivity contribution < 1.29 is 0 Å². The van der Waals surface area contributed by atoms with Crippen molar-refractivity contribution in [2.45, 2.75) is 9.79 Å². The van der Waals surface area contributed by atoms with Gasteiger partial charge in [0.2, 0.25) is 0 Å². The minimum atomic E-state index is 0.664. The Morgan fingerprint density at radius 3 is 2.53 bits per heavy atom. The molecule has 3 rings (SSSR count). The first-order valence-electron chi connectivity index (χ1n) is 4.87. The third-order valence-corrected chi connectivity index (χ3v) is 4.64. The van der Waals surface area contributed by atoms with Gasteiger partial charge in [-0.3, -0.25) is 0 Å². The van der Waals surface area contributed by atoms with E-state index >= 15 is 0 Å². The maximum atomic E-state index is 6.17. The second kappa shape index (κ2) is 4.29. The predicted octanol–water partition coefficient (Wildman–Crippen LogP) is 5.86. The standard InChI is InChI=1S/C12H6Cl3NS/c13-6-1-4-9-10(5-6)17-12-8(15)3-2-7(14)11(12)16-9/h1-5,16H. The minimum absolute atomic E-state index is 0.664. The molecule has 0 radical (unpaired) electrons. The Morgan fingerprint density at radius 1 is 0.941 bits per heavy atom. The van der Waals surface area contributed by atoms with Gasteiger partial charge in [-0.1, -0.05) is 46.6 Å². The number of anilines is 2. The van der Waals surface area contributed by atoms with Crippen LogP contribution in [0.4, 0.5) is 11.4 Å². The number of nitrogens with one attached hydrogen (secondary N) is 1. The van der Waals surface area contributed by atoms with Gasteiger partial charge in [-0.15, -0.1) is 0 Å². The zero-order chi connectivity index (χ0) is 12.0. The van der Waals surface area contributed by atoms with Gasteiger partial charge < -0.3 is 5.32 Å². The molecule has 1 aliphatic heterocycles. The van der Waals surface area contributed by atoms with Crippen LogP contribution in [0.5, 0.6) is 0 Å². The topological polar surface area (TPSA) is 12.0 Å². The van der Waals surface area contributed by atoms with Crippen LogP contribution in [0.15, 0.2) is 40.1 Å². The van der Waals surface area contributed by atoms with E-state index in [2.05, 4.69) is 5.32 Å². The van der Waals surface area contributed by atoms with E-state index in [-0.39, 0.29) is 0 Å². The Balaban J connectivity index is 2.17. The third-order valence-electron chi connectivity index (χ3n) is 2.47. The second-order valence-electron chi connectivity index (χ2n) is 3.60. The fourth-order valence-electron chi connectivity index (χ4n) is 1.68. The van der Waals surface area contributed by atoms with E-state index in [0.717, 1.165) is 21.2 Å². The minimum Gasteiger partial charge on any atom is -0.352 e. The summed E-state index contributed by atoms with van der Waals surface area (Å²) in [5, 5.41) is 5.34. The van der Waals surface area contributed by atoms with Crippen LogP contribution in [0.2, 0.25) is 15.1 Å². The normalized spacial score (nSPS) is 12.6. The third kappa shape index (κ3) is 2.00. The first kappa shape index (κ1) is 11.5. The molecule has 0 spiro atoms. The monoisotopic (exact) mass is 301 g/mol. The summed E-state index contributed by atoms with van der Waals surface area (Å²) in [6.45, 7) is 0. The Morgan fingerprint density at radius 2 is 1.71 bits per heavy atom. The van der Waals surface area contributed by atoms with E-state index in [1.807, 2.05) is 18.2 Å². The molecule has 0 unspecified atom stereocenters. The highest BCUT2D eigenvalue weighted by Gasteiger charge is 2.20. The number of fused-ring (bicyclic) bond motifs is 2. The van der Waals surface area contributed by atoms with Gasteiger partial charge in [0.15, 0.2) is 0 Å². The largest absolute Gasteiger partial charge is 0.352 e. The summed E-state index contributed by atoms with van der Waals surface area (Å²) in [5.41, 5.74) is 1.86. The quantitative estimate of drug-likeness (QED) is 0.558. The van der Waals surface area contributed by atoms with E-state index in [0.29, 0.717) is 15.1 Å². The summed E-state index contributed by atoms with van der Waals surface area (Å²) in [6, 6.07) is 9.28. The van der Waals surface area contributed by atoms with E-state index in [9.17, 15) is 0 Å². The van der Waals surface area contributed by atoms with Crippen LogP contribution in [0.1, 0.15) is 0 Å². The van der Waals surface area contributed by atoms with E-state index in [1.165, 1.54) is 0 Å². The highest BCUT2D eigenvalue weighted by Crippen LogP contribution is 2.50. The van der Waals surface area contributed by atoms with Crippen molar-refractivity contribution in [2.75, 3.05) is 5.32 Å². The van der Waals surface area contributed by atoms with Crippen LogP contribution in [0, 0.1) is 0 Å². The van der Waals surface area contributed by atoms with Crippen LogP contribution < -0.4 is 5.32 Å². The van der Waals surface area contributed by atoms with Gasteiger partial charge in [0.05, 0.1) is 26.3 Å². The molecule has 1 heterocycles. The number of benzene rings is 2. The Kier molecular flexibility index (Phi) is 2.91. The Bertz CT molecular complexity index is 613. The van der Waals surface area contributed by atoms with Crippen molar-refractivity contribution in [2.24, 2.45) is 0 Å². The lowest BCUT2D eigenvalue weighted by Gasteiger charge is -2.22. The van der Waals surface area contributed by atoms with Crippen LogP contribution >= 0.6 is 46.6 Å². The van der Waals surface area contributed by atoms with E-state index < -0.39 is 0 Å². The first-order valence-corrected chi connectivity index (χ1v) is 6.82. The van der Waals surface area contributed by atoms with Gasteiger partial charge in [-0.2, -0.15) is 0 Å². The smallest absolute Gasteiger partial charge is 0.0730 e. The van der Waals surface area contributed by atoms with E-state index in [1.54, 1.807) is 23.9 Å². The summed E-state index contributed by atoms with van der Waals surface area (Å²) < 4.78 is 0. The lowest BCUT2D eigenvalue weighted by molar-refractivity contribution is 1.31. The molecule has 0 atom stereocenters. The highest BCUT2D eigenvalue weighted by atomic mass is 35.5. The van der Waals surface area contributed by atoms with Crippen LogP contribution in [-0.2, 0) is 0 Å². The fraction of sp³-hybridized carbons (Fsp3) is 0. The molecule has 0 saturated heterocycles. The van der Waals surface area contributed by atoms with Gasteiger partial charge in [0, 0.05) is 9.92 Å². The molecule has 0 fully saturated rings. The molecule has 0 amide bonds. The molecule has 0 saturated carbocycles. The van der Waals surface area contributed by atoms with Crippen LogP contribution in [0.25, 0.3) is 0 Å². The average Bonchev–Trinajstić information content (AvgIpc) is 2.32. The van der Waals surface area contributed by atoms with Gasteiger partial charge in [0.1, 0.15) is 0 Å². The zero-order valence-electron chi connectivity index (χ0n) is 8.43. The summed E-state index contributed by atoms with van der Waals surface area (Å²) in [6.07, 6.45) is 0. The maximum Gasteiger partial charge on any atom is 0.0730 e. The van der Waals surface area contributed by atoms with Crippen molar-refractivity contribution in [1.82, 2.24) is 0 Å². The van der Waals surface area contributed by atoms with Crippen molar-refractivity contribution in [1.29, 1.82) is 0 Å². The SMILES string of the molecule is Clc1ccc2c(c1)Sc1c(Cl)ccc(Cl)c1N2. The summed E-state index contributed by atoms with van der Waals surface area (Å²) >= 11 is 19.9. The fourth-order valence-corrected chi connectivity index (χ4v) is 3.51. The Labute approximate surface area is 118 Å². The molecule has 0 aliphatic carbocycles. The second-order valence-corrected chi connectivity index (χ2v) is 5.90. The molecule has 17 heavy (non-hydrogen) atoms. The molecule has 1 aliphatic rings. The molecule has 5 heteroatoms. The molecule has 2 aromatic rings. The number of halogens is 3. The molecule has 1 N–H and O–H groups in total. The molecule has 0 aromatic heterocycles. The van der Waals surface area contributed by atoms with Crippen LogP contribution in [-0.4, -0.2) is 0 Å². The molecular weight excluding hydrogens is 297 g/mol. The highest BCUT2D eigenvalue weighted by molar-refractivity contribution is 7.99. The molecular formula is C12H6Cl3NS. The van der Waals surface area contributed by atoms with E-state index in [4.69, 9.17) is 34.8 Å². The van der Waals surface area contributed by atoms with Gasteiger partial charge >= 0.3 is 0 Å². The Hall–Kier alpha value is -0.540. The number of rotatable bonds is 0. The van der Waals surface area contributed by atoms with Crippen LogP contribution in [0.3, 0.4) is 0 Å². The number of hydrogen-bond acceptors (Lipinski definition) is 2. The molecule has 0 bridgehead atoms. The predicted molar refractivity (Wildman–Crippen MR) is 75.3 cm³/mol. The van der Waals surface area contributed by atoms with Gasteiger partial charge in [-0.25, -0.2) is 0 Å². The van der Waals surface area contributed by atoms with Crippen molar-refractivity contribution in [3.63, 3.8) is 0 Å². The van der Waals surface area contributed by atoms with Gasteiger partial charge in [-0.05, 0) is 30.3 Å². The van der Waals surface area contributed by atoms with Crippen molar-refractivity contribution >= 4 is 57.9 Å². The molecule has 1 nitrogen and oxygen atoms in total. The molecule has 2 aromatic carbocycles. The van der Waals surface area contributed by atoms with Crippen molar-refractivity contribution in [3.05, 3.63) is 45.4 Å². The molecule has 86 valence electrons. The first-order chi connectivity index (χ1) is 8.15. The summed E-state index contributed by atoms with van der Waals surface area (Å²) in [7, 11) is 0. The summed E-state index contributed by atoms with van der Waals surface area (Å²) in [4.78, 5) is 1.99. The lowest BCUT2D eigenvalue weighted by Crippen LogP contribution is -2.00.